The van der Waals surface area contributed by atoms with Crippen molar-refractivity contribution in [1.82, 2.24) is 0 Å². The summed E-state index contributed by atoms with van der Waals surface area (Å²) in [5.41, 5.74) is 7.12. The number of nitrogens with two attached hydrogens (primary N) is 1. The lowest BCUT2D eigenvalue weighted by molar-refractivity contribution is 0.146. The number of aliphatic hydroxyl groups excluding tert-OH is 1. The van der Waals surface area contributed by atoms with E-state index in [4.69, 9.17) is 17.3 Å². The molecule has 0 heterocycles. The van der Waals surface area contributed by atoms with Crippen LogP contribution < -0.4 is 5.73 Å². The van der Waals surface area contributed by atoms with E-state index in [2.05, 4.69) is 31.9 Å². The summed E-state index contributed by atoms with van der Waals surface area (Å²) in [6.45, 7) is 0.190. The Morgan fingerprint density at radius 1 is 1.14 bits per heavy atom. The van der Waals surface area contributed by atoms with Gasteiger partial charge < -0.3 is 10.8 Å². The molecule has 2 rings (SSSR count). The minimum absolute atomic E-state index is 0.190. The predicted molar refractivity (Wildman–Crippen MR) is 90.0 cm³/mol. The summed E-state index contributed by atoms with van der Waals surface area (Å²) in [7, 11) is 0. The van der Waals surface area contributed by atoms with Crippen molar-refractivity contribution in [3.05, 3.63) is 67.3 Å². The fraction of sp³-hybridized carbons (Fsp3) is 0.200. The summed E-state index contributed by atoms with van der Waals surface area (Å²) in [5, 5.41) is 10.9. The third kappa shape index (κ3) is 3.85. The minimum atomic E-state index is -0.847. The van der Waals surface area contributed by atoms with Gasteiger partial charge in [0.15, 0.2) is 0 Å². The highest BCUT2D eigenvalue weighted by atomic mass is 79.9. The van der Waals surface area contributed by atoms with Gasteiger partial charge in [0.05, 0.1) is 6.10 Å². The molecule has 112 valence electrons. The second-order valence-electron chi connectivity index (χ2n) is 4.62. The topological polar surface area (TPSA) is 46.2 Å². The third-order valence-corrected chi connectivity index (χ3v) is 4.79. The van der Waals surface area contributed by atoms with Crippen LogP contribution in [-0.4, -0.2) is 11.7 Å². The molecule has 2 aromatic rings. The first-order valence-electron chi connectivity index (χ1n) is 6.22. The van der Waals surface area contributed by atoms with Crippen LogP contribution in [0.3, 0.4) is 0 Å². The molecule has 0 fully saturated rings. The van der Waals surface area contributed by atoms with Crippen LogP contribution in [0.15, 0.2) is 45.3 Å². The highest BCUT2D eigenvalue weighted by Gasteiger charge is 2.25. The van der Waals surface area contributed by atoms with Crippen molar-refractivity contribution in [2.75, 3.05) is 6.54 Å². The van der Waals surface area contributed by atoms with Crippen molar-refractivity contribution in [2.45, 2.75) is 12.0 Å². The molecule has 0 aliphatic carbocycles. The number of rotatable bonds is 4. The molecule has 2 nitrogen and oxygen atoms in total. The quantitative estimate of drug-likeness (QED) is 0.723. The van der Waals surface area contributed by atoms with Crippen molar-refractivity contribution in [2.24, 2.45) is 5.73 Å². The molecule has 0 saturated heterocycles. The lowest BCUT2D eigenvalue weighted by Crippen LogP contribution is -2.21. The van der Waals surface area contributed by atoms with Crippen molar-refractivity contribution in [3.8, 4) is 0 Å². The van der Waals surface area contributed by atoms with E-state index in [1.165, 1.54) is 12.1 Å². The first-order chi connectivity index (χ1) is 9.93. The number of aliphatic hydroxyl groups is 1. The molecular formula is C15H13Br2ClFNO. The van der Waals surface area contributed by atoms with Gasteiger partial charge in [0, 0.05) is 26.4 Å². The molecule has 0 amide bonds. The van der Waals surface area contributed by atoms with Crippen molar-refractivity contribution in [3.63, 3.8) is 0 Å². The Bertz CT molecular complexity index is 654. The summed E-state index contributed by atoms with van der Waals surface area (Å²) in [4.78, 5) is 0. The SMILES string of the molecule is NCC(c1ccc(F)cc1Cl)C(O)c1ccc(Br)cc1Br. The summed E-state index contributed by atoms with van der Waals surface area (Å²) >= 11 is 12.9. The van der Waals surface area contributed by atoms with E-state index in [9.17, 15) is 9.50 Å². The highest BCUT2D eigenvalue weighted by molar-refractivity contribution is 9.11. The van der Waals surface area contributed by atoms with Gasteiger partial charge in [-0.2, -0.15) is 0 Å². The van der Waals surface area contributed by atoms with E-state index < -0.39 is 17.8 Å². The summed E-state index contributed by atoms with van der Waals surface area (Å²) in [6.07, 6.45) is -0.847. The Hall–Kier alpha value is -0.460. The molecule has 0 aliphatic heterocycles. The van der Waals surface area contributed by atoms with Crippen molar-refractivity contribution < 1.29 is 9.50 Å². The first kappa shape index (κ1) is 16.9. The van der Waals surface area contributed by atoms with Crippen LogP contribution in [0.4, 0.5) is 4.39 Å². The normalized spacial score (nSPS) is 14.0. The van der Waals surface area contributed by atoms with Crippen molar-refractivity contribution >= 4 is 43.5 Å². The van der Waals surface area contributed by atoms with E-state index in [1.54, 1.807) is 12.1 Å². The maximum Gasteiger partial charge on any atom is 0.124 e. The van der Waals surface area contributed by atoms with E-state index in [1.807, 2.05) is 12.1 Å². The Morgan fingerprint density at radius 3 is 2.38 bits per heavy atom. The molecule has 0 radical (unpaired) electrons. The monoisotopic (exact) mass is 435 g/mol. The fourth-order valence-electron chi connectivity index (χ4n) is 2.19. The zero-order valence-corrected chi connectivity index (χ0v) is 14.8. The number of hydrogen-bond acceptors (Lipinski definition) is 2. The molecule has 21 heavy (non-hydrogen) atoms. The van der Waals surface area contributed by atoms with Gasteiger partial charge in [0.2, 0.25) is 0 Å². The zero-order chi connectivity index (χ0) is 15.6. The molecular weight excluding hydrogens is 424 g/mol. The summed E-state index contributed by atoms with van der Waals surface area (Å²) < 4.78 is 14.8. The summed E-state index contributed by atoms with van der Waals surface area (Å²) in [6, 6.07) is 9.59. The first-order valence-corrected chi connectivity index (χ1v) is 8.18. The zero-order valence-electron chi connectivity index (χ0n) is 10.9. The van der Waals surface area contributed by atoms with Gasteiger partial charge in [0.1, 0.15) is 5.82 Å². The minimum Gasteiger partial charge on any atom is -0.388 e. The second-order valence-corrected chi connectivity index (χ2v) is 6.80. The maximum atomic E-state index is 13.2. The standard InChI is InChI=1S/C15H13Br2ClFNO/c16-8-1-3-11(13(17)5-8)15(21)12(7-20)10-4-2-9(19)6-14(10)18/h1-6,12,15,21H,7,20H2. The van der Waals surface area contributed by atoms with E-state index in [0.717, 1.165) is 8.95 Å². The molecule has 2 atom stereocenters. The predicted octanol–water partition coefficient (Wildman–Crippen LogP) is 4.78. The van der Waals surface area contributed by atoms with Gasteiger partial charge in [-0.15, -0.1) is 0 Å². The number of halogens is 4. The number of benzene rings is 2. The fourth-order valence-corrected chi connectivity index (χ4v) is 3.78. The molecule has 0 aliphatic rings. The average Bonchev–Trinajstić information content (AvgIpc) is 2.41. The van der Waals surface area contributed by atoms with Gasteiger partial charge in [0.25, 0.3) is 0 Å². The second kappa shape index (κ2) is 7.20. The van der Waals surface area contributed by atoms with Gasteiger partial charge >= 0.3 is 0 Å². The Balaban J connectivity index is 2.40. The smallest absolute Gasteiger partial charge is 0.124 e. The van der Waals surface area contributed by atoms with Crippen LogP contribution in [-0.2, 0) is 0 Å². The maximum absolute atomic E-state index is 13.2. The molecule has 0 bridgehead atoms. The molecule has 2 aromatic carbocycles. The van der Waals surface area contributed by atoms with Crippen LogP contribution >= 0.6 is 43.5 Å². The molecule has 2 unspecified atom stereocenters. The van der Waals surface area contributed by atoms with Crippen LogP contribution in [0, 0.1) is 5.82 Å². The van der Waals surface area contributed by atoms with E-state index >= 15 is 0 Å². The lowest BCUT2D eigenvalue weighted by atomic mass is 9.89. The van der Waals surface area contributed by atoms with Crippen LogP contribution in [0.1, 0.15) is 23.1 Å². The van der Waals surface area contributed by atoms with Crippen LogP contribution in [0.5, 0.6) is 0 Å². The molecule has 3 N–H and O–H groups in total. The van der Waals surface area contributed by atoms with Crippen molar-refractivity contribution in [1.29, 1.82) is 0 Å². The van der Waals surface area contributed by atoms with Gasteiger partial charge in [-0.25, -0.2) is 4.39 Å². The largest absolute Gasteiger partial charge is 0.388 e. The van der Waals surface area contributed by atoms with Crippen LogP contribution in [0.25, 0.3) is 0 Å². The van der Waals surface area contributed by atoms with Gasteiger partial charge in [-0.1, -0.05) is 55.6 Å². The molecule has 6 heteroatoms. The van der Waals surface area contributed by atoms with Gasteiger partial charge in [-0.05, 0) is 35.4 Å². The highest BCUT2D eigenvalue weighted by Crippen LogP contribution is 2.37. The average molecular weight is 438 g/mol. The Morgan fingerprint density at radius 2 is 1.81 bits per heavy atom. The molecule has 0 spiro atoms. The molecule has 0 aromatic heterocycles. The van der Waals surface area contributed by atoms with Crippen LogP contribution in [0.2, 0.25) is 5.02 Å². The Kier molecular flexibility index (Phi) is 5.80. The summed E-state index contributed by atoms with van der Waals surface area (Å²) in [5.74, 6) is -0.839. The molecule has 0 saturated carbocycles. The van der Waals surface area contributed by atoms with E-state index in [0.29, 0.717) is 11.1 Å². The van der Waals surface area contributed by atoms with E-state index in [-0.39, 0.29) is 11.6 Å². The lowest BCUT2D eigenvalue weighted by Gasteiger charge is -2.24. The Labute approximate surface area is 144 Å². The third-order valence-electron chi connectivity index (χ3n) is 3.28. The number of hydrogen-bond donors (Lipinski definition) is 2. The van der Waals surface area contributed by atoms with Gasteiger partial charge in [-0.3, -0.25) is 0 Å².